The molecule has 0 heteroatoms. The van der Waals surface area contributed by atoms with Gasteiger partial charge in [-0.2, -0.15) is 0 Å². The first-order valence-corrected chi connectivity index (χ1v) is 22.7. The van der Waals surface area contributed by atoms with Gasteiger partial charge in [-0.15, -0.1) is 0 Å². The van der Waals surface area contributed by atoms with E-state index >= 15 is 0 Å². The van der Waals surface area contributed by atoms with Gasteiger partial charge in [0.2, 0.25) is 0 Å². The molecule has 0 aliphatic heterocycles. The minimum absolute atomic E-state index is 1.25. The molecule has 0 unspecified atom stereocenters. The van der Waals surface area contributed by atoms with Crippen LogP contribution in [0.15, 0.2) is 170 Å². The van der Waals surface area contributed by atoms with Crippen LogP contribution in [0.5, 0.6) is 0 Å². The van der Waals surface area contributed by atoms with E-state index in [-0.39, 0.29) is 0 Å². The van der Waals surface area contributed by atoms with Crippen LogP contribution >= 0.6 is 0 Å². The fourth-order valence-electron chi connectivity index (χ4n) is 11.3. The van der Waals surface area contributed by atoms with Crippen LogP contribution in [0.2, 0.25) is 0 Å². The fraction of sp³-hybridized carbons (Fsp3) is 0.0938. The van der Waals surface area contributed by atoms with Gasteiger partial charge in [0.25, 0.3) is 0 Å². The second-order valence-electron chi connectivity index (χ2n) is 18.7. The Hall–Kier alpha value is -7.54. The van der Waals surface area contributed by atoms with Gasteiger partial charge in [0.15, 0.2) is 0 Å². The van der Waals surface area contributed by atoms with Crippen molar-refractivity contribution in [3.05, 3.63) is 203 Å². The van der Waals surface area contributed by atoms with Crippen LogP contribution in [0.4, 0.5) is 0 Å². The van der Waals surface area contributed by atoms with Crippen molar-refractivity contribution in [2.24, 2.45) is 0 Å². The molecule has 0 saturated carbocycles. The minimum atomic E-state index is 1.25. The maximum absolute atomic E-state index is 2.54. The van der Waals surface area contributed by atoms with Gasteiger partial charge >= 0.3 is 0 Å². The Balaban J connectivity index is 1.19. The number of hydrogen-bond acceptors (Lipinski definition) is 0. The Bertz CT molecular complexity index is 3820. The van der Waals surface area contributed by atoms with E-state index in [1.165, 1.54) is 164 Å². The standard InChI is InChI=1S/C64H46/c1-35-13-17-41(18-14-35)43-21-23-49-53(27-43)61-33-55-51(59-31-45(29-57(49)63(59)61)47-11-7-9-37(3)39(47)5)25-26-52-56(55)34-62-54-28-44(42-19-15-36(2)16-20-42)22-24-50(54)58-30-46(32-60(52)64(58)62)48-12-8-10-38(4)40(48)6/h7-34H,1-6H3. The Morgan fingerprint density at radius 3 is 0.891 bits per heavy atom. The lowest BCUT2D eigenvalue weighted by Gasteiger charge is -2.15. The molecule has 0 aromatic heterocycles. The average Bonchev–Trinajstić information content (AvgIpc) is 3.80. The highest BCUT2D eigenvalue weighted by Crippen LogP contribution is 2.50. The summed E-state index contributed by atoms with van der Waals surface area (Å²) in [5.41, 5.74) is 18.0. The van der Waals surface area contributed by atoms with Crippen molar-refractivity contribution in [2.75, 3.05) is 0 Å². The second kappa shape index (κ2) is 13.5. The molecule has 13 aromatic rings. The Kier molecular flexibility index (Phi) is 7.80. The topological polar surface area (TPSA) is 0 Å². The van der Waals surface area contributed by atoms with Crippen LogP contribution in [0.1, 0.15) is 33.4 Å². The van der Waals surface area contributed by atoms with Gasteiger partial charge in [0, 0.05) is 0 Å². The van der Waals surface area contributed by atoms with Crippen LogP contribution in [0.3, 0.4) is 0 Å². The third kappa shape index (κ3) is 5.29. The van der Waals surface area contributed by atoms with Crippen molar-refractivity contribution in [3.63, 3.8) is 0 Å². The van der Waals surface area contributed by atoms with Gasteiger partial charge < -0.3 is 0 Å². The molecule has 64 heavy (non-hydrogen) atoms. The summed E-state index contributed by atoms with van der Waals surface area (Å²) in [4.78, 5) is 0. The summed E-state index contributed by atoms with van der Waals surface area (Å²) in [6, 6.07) is 65.6. The molecule has 0 spiro atoms. The molecule has 0 fully saturated rings. The first-order chi connectivity index (χ1) is 31.2. The summed E-state index contributed by atoms with van der Waals surface area (Å²) in [6.07, 6.45) is 0. The maximum Gasteiger partial charge on any atom is -0.00195 e. The van der Waals surface area contributed by atoms with E-state index in [2.05, 4.69) is 211 Å². The Morgan fingerprint density at radius 2 is 0.516 bits per heavy atom. The molecule has 302 valence electrons. The molecule has 13 rings (SSSR count). The highest BCUT2D eigenvalue weighted by molar-refractivity contribution is 6.41. The van der Waals surface area contributed by atoms with Gasteiger partial charge in [0.05, 0.1) is 0 Å². The van der Waals surface area contributed by atoms with Crippen molar-refractivity contribution >= 4 is 86.2 Å². The highest BCUT2D eigenvalue weighted by atomic mass is 14.3. The van der Waals surface area contributed by atoms with Crippen molar-refractivity contribution in [1.82, 2.24) is 0 Å². The van der Waals surface area contributed by atoms with Crippen molar-refractivity contribution in [1.29, 1.82) is 0 Å². The van der Waals surface area contributed by atoms with Crippen LogP contribution in [0.25, 0.3) is 131 Å². The first-order valence-electron chi connectivity index (χ1n) is 22.7. The molecular weight excluding hydrogens is 769 g/mol. The van der Waals surface area contributed by atoms with E-state index in [0.29, 0.717) is 0 Å². The first kappa shape index (κ1) is 37.1. The van der Waals surface area contributed by atoms with Crippen molar-refractivity contribution < 1.29 is 0 Å². The average molecular weight is 815 g/mol. The summed E-state index contributed by atoms with van der Waals surface area (Å²) in [5.74, 6) is 0. The molecule has 0 nitrogen and oxygen atoms in total. The number of hydrogen-bond donors (Lipinski definition) is 0. The second-order valence-corrected chi connectivity index (χ2v) is 18.7. The Morgan fingerprint density at radius 1 is 0.219 bits per heavy atom. The number of rotatable bonds is 4. The molecule has 0 radical (unpaired) electrons. The quantitative estimate of drug-likeness (QED) is 0.155. The monoisotopic (exact) mass is 814 g/mol. The largest absolute Gasteiger partial charge is 0.0614 e. The summed E-state index contributed by atoms with van der Waals surface area (Å²) in [7, 11) is 0. The molecule has 0 aliphatic rings. The molecule has 0 heterocycles. The molecule has 0 amide bonds. The van der Waals surface area contributed by atoms with Crippen molar-refractivity contribution in [2.45, 2.75) is 41.5 Å². The predicted octanol–water partition coefficient (Wildman–Crippen LogP) is 18.3. The van der Waals surface area contributed by atoms with Gasteiger partial charge in [-0.1, -0.05) is 132 Å². The van der Waals surface area contributed by atoms with Crippen LogP contribution in [0, 0.1) is 41.5 Å². The lowest BCUT2D eigenvalue weighted by atomic mass is 9.88. The molecule has 0 bridgehead atoms. The number of fused-ring (bicyclic) bond motifs is 11. The number of benzene rings is 11. The minimum Gasteiger partial charge on any atom is -0.0614 e. The molecular formula is C64H46. The van der Waals surface area contributed by atoms with Gasteiger partial charge in [-0.25, -0.2) is 0 Å². The molecule has 0 atom stereocenters. The lowest BCUT2D eigenvalue weighted by Crippen LogP contribution is -1.89. The molecule has 13 aromatic carbocycles. The summed E-state index contributed by atoms with van der Waals surface area (Å²) < 4.78 is 0. The van der Waals surface area contributed by atoms with Crippen molar-refractivity contribution in [3.8, 4) is 44.5 Å². The molecule has 0 saturated heterocycles. The highest BCUT2D eigenvalue weighted by Gasteiger charge is 2.22. The van der Waals surface area contributed by atoms with E-state index in [1.54, 1.807) is 0 Å². The zero-order valence-electron chi connectivity index (χ0n) is 37.2. The Labute approximate surface area is 373 Å². The third-order valence-corrected chi connectivity index (χ3v) is 15.1. The van der Waals surface area contributed by atoms with Crippen LogP contribution in [-0.4, -0.2) is 0 Å². The molecule has 0 N–H and O–H groups in total. The third-order valence-electron chi connectivity index (χ3n) is 15.1. The molecule has 0 aliphatic carbocycles. The SMILES string of the molecule is Cc1ccc(-c2ccc3c(c2)c2cc4c5cc6c7cc(-c8ccc(C)cc8)ccc7c7cc(-c8cccc(C)c8C)cc(c5ccc4c4cc(-c5cccc(C)c5C)cc3c42)c76)cc1. The van der Waals surface area contributed by atoms with E-state index in [0.717, 1.165) is 0 Å². The van der Waals surface area contributed by atoms with Crippen LogP contribution in [-0.2, 0) is 0 Å². The van der Waals surface area contributed by atoms with E-state index in [4.69, 9.17) is 0 Å². The fourth-order valence-corrected chi connectivity index (χ4v) is 11.3. The van der Waals surface area contributed by atoms with E-state index in [9.17, 15) is 0 Å². The van der Waals surface area contributed by atoms with E-state index < -0.39 is 0 Å². The summed E-state index contributed by atoms with van der Waals surface area (Å²) in [5, 5.41) is 21.1. The zero-order valence-corrected chi connectivity index (χ0v) is 37.2. The normalized spacial score (nSPS) is 12.2. The van der Waals surface area contributed by atoms with Gasteiger partial charge in [-0.05, 0) is 243 Å². The summed E-state index contributed by atoms with van der Waals surface area (Å²) >= 11 is 0. The lowest BCUT2D eigenvalue weighted by molar-refractivity contribution is 1.34. The zero-order chi connectivity index (χ0) is 43.1. The summed E-state index contributed by atoms with van der Waals surface area (Å²) in [6.45, 7) is 13.3. The maximum atomic E-state index is 2.54. The number of aryl methyl sites for hydroxylation is 4. The van der Waals surface area contributed by atoms with Gasteiger partial charge in [0.1, 0.15) is 0 Å². The van der Waals surface area contributed by atoms with Crippen LogP contribution < -0.4 is 0 Å². The van der Waals surface area contributed by atoms with E-state index in [1.807, 2.05) is 0 Å². The van der Waals surface area contributed by atoms with Gasteiger partial charge in [-0.3, -0.25) is 0 Å². The predicted molar refractivity (Wildman–Crippen MR) is 279 cm³/mol. The smallest absolute Gasteiger partial charge is 0.00195 e.